The molecule has 0 unspecified atom stereocenters. The number of hydrogen-bond acceptors (Lipinski definition) is 3. The van der Waals surface area contributed by atoms with E-state index in [0.29, 0.717) is 44.7 Å². The van der Waals surface area contributed by atoms with Gasteiger partial charge in [0, 0.05) is 10.8 Å². The van der Waals surface area contributed by atoms with Crippen LogP contribution in [0.1, 0.15) is 93.4 Å². The molecule has 0 aliphatic rings. The van der Waals surface area contributed by atoms with Crippen LogP contribution in [0.15, 0.2) is 30.3 Å². The second kappa shape index (κ2) is 11.1. The van der Waals surface area contributed by atoms with Gasteiger partial charge in [0.2, 0.25) is 0 Å². The molecule has 0 saturated carbocycles. The molecule has 0 aromatic heterocycles. The molecule has 0 bridgehead atoms. The SMILES string of the molecule is CC(C)[Si](Oc1cc(C(=O)O)c(O[Si](C(C)C)(C(C)C)C(C)C)c2ccccc12)(C(C)C)C(C)C. The van der Waals surface area contributed by atoms with E-state index in [0.717, 1.165) is 10.8 Å². The highest BCUT2D eigenvalue weighted by Crippen LogP contribution is 2.49. The van der Waals surface area contributed by atoms with E-state index >= 15 is 0 Å². The lowest BCUT2D eigenvalue weighted by Gasteiger charge is -2.44. The zero-order valence-electron chi connectivity index (χ0n) is 24.0. The number of fused-ring (bicyclic) bond motifs is 1. The molecule has 0 atom stereocenters. The maximum atomic E-state index is 12.7. The molecule has 0 amide bonds. The fourth-order valence-corrected chi connectivity index (χ4v) is 17.3. The third kappa shape index (κ3) is 5.19. The standard InChI is InChI=1S/C29H48O4Si2/c1-18(2)34(19(3)4,20(5)6)32-27-17-26(29(30)31)28(25-16-14-13-15-24(25)27)33-35(21(7)8,22(9)10)23(11)12/h13-23H,1-12H3,(H,30,31). The van der Waals surface area contributed by atoms with Gasteiger partial charge < -0.3 is 14.0 Å². The van der Waals surface area contributed by atoms with Gasteiger partial charge in [0.15, 0.2) is 0 Å². The highest BCUT2D eigenvalue weighted by molar-refractivity contribution is 6.79. The fraction of sp³-hybridized carbons (Fsp3) is 0.621. The number of carboxylic acids is 1. The number of rotatable bonds is 11. The number of benzene rings is 2. The Bertz CT molecular complexity index is 981. The van der Waals surface area contributed by atoms with Crippen LogP contribution in [-0.2, 0) is 0 Å². The number of hydrogen-bond donors (Lipinski definition) is 1. The van der Waals surface area contributed by atoms with Gasteiger partial charge in [-0.05, 0) is 39.3 Å². The number of carboxylic acid groups (broad SMARTS) is 1. The van der Waals surface area contributed by atoms with Crippen LogP contribution in [0.3, 0.4) is 0 Å². The van der Waals surface area contributed by atoms with Crippen LogP contribution in [-0.4, -0.2) is 27.7 Å². The van der Waals surface area contributed by atoms with Gasteiger partial charge in [0.25, 0.3) is 16.6 Å². The van der Waals surface area contributed by atoms with Gasteiger partial charge in [-0.2, -0.15) is 0 Å². The van der Waals surface area contributed by atoms with E-state index in [-0.39, 0.29) is 5.56 Å². The maximum absolute atomic E-state index is 12.7. The summed E-state index contributed by atoms with van der Waals surface area (Å²) >= 11 is 0. The summed E-state index contributed by atoms with van der Waals surface area (Å²) in [6.07, 6.45) is 0. The monoisotopic (exact) mass is 516 g/mol. The Morgan fingerprint density at radius 2 is 1.03 bits per heavy atom. The molecular formula is C29H48O4Si2. The first-order valence-electron chi connectivity index (χ1n) is 13.3. The lowest BCUT2D eigenvalue weighted by atomic mass is 10.0. The molecule has 0 aliphatic carbocycles. The molecular weight excluding hydrogens is 468 g/mol. The highest BCUT2D eigenvalue weighted by atomic mass is 28.4. The Morgan fingerprint density at radius 1 is 0.657 bits per heavy atom. The quantitative estimate of drug-likeness (QED) is 0.302. The van der Waals surface area contributed by atoms with Gasteiger partial charge in [0.1, 0.15) is 17.1 Å². The minimum absolute atomic E-state index is 0.205. The normalized spacial score (nSPS) is 13.2. The number of carbonyl (C=O) groups is 1. The average molecular weight is 517 g/mol. The van der Waals surface area contributed by atoms with Crippen molar-refractivity contribution in [1.82, 2.24) is 0 Å². The van der Waals surface area contributed by atoms with E-state index in [2.05, 4.69) is 83.1 Å². The van der Waals surface area contributed by atoms with Crippen LogP contribution < -0.4 is 8.85 Å². The van der Waals surface area contributed by atoms with Crippen molar-refractivity contribution in [3.8, 4) is 11.5 Å². The predicted molar refractivity (Wildman–Crippen MR) is 154 cm³/mol. The van der Waals surface area contributed by atoms with Crippen LogP contribution in [0.2, 0.25) is 33.2 Å². The summed E-state index contributed by atoms with van der Waals surface area (Å²) in [6.45, 7) is 26.8. The first kappa shape index (κ1) is 29.4. The molecule has 0 aliphatic heterocycles. The summed E-state index contributed by atoms with van der Waals surface area (Å²) in [6, 6.07) is 9.75. The summed E-state index contributed by atoms with van der Waals surface area (Å²) in [5.74, 6) is 0.217. The molecule has 1 N–H and O–H groups in total. The zero-order valence-corrected chi connectivity index (χ0v) is 26.0. The Hall–Kier alpha value is -1.80. The van der Waals surface area contributed by atoms with E-state index in [4.69, 9.17) is 8.85 Å². The zero-order chi connectivity index (χ0) is 26.9. The summed E-state index contributed by atoms with van der Waals surface area (Å²) < 4.78 is 14.1. The highest BCUT2D eigenvalue weighted by Gasteiger charge is 2.49. The molecule has 0 fully saturated rings. The van der Waals surface area contributed by atoms with Gasteiger partial charge in [-0.1, -0.05) is 107 Å². The third-order valence-corrected chi connectivity index (χ3v) is 20.1. The second-order valence-electron chi connectivity index (χ2n) is 11.9. The molecule has 0 radical (unpaired) electrons. The van der Waals surface area contributed by atoms with Crippen molar-refractivity contribution >= 4 is 33.4 Å². The Morgan fingerprint density at radius 3 is 1.40 bits per heavy atom. The summed E-state index contributed by atoms with van der Waals surface area (Å²) in [4.78, 5) is 12.7. The predicted octanol–water partition coefficient (Wildman–Crippen LogP) is 9.65. The molecule has 6 heteroatoms. The smallest absolute Gasteiger partial charge is 0.339 e. The first-order valence-corrected chi connectivity index (χ1v) is 17.6. The summed E-state index contributed by atoms with van der Waals surface area (Å²) in [7, 11) is -4.66. The molecule has 2 rings (SSSR count). The van der Waals surface area contributed by atoms with Crippen molar-refractivity contribution in [3.63, 3.8) is 0 Å². The molecule has 196 valence electrons. The van der Waals surface area contributed by atoms with Crippen molar-refractivity contribution in [3.05, 3.63) is 35.9 Å². The van der Waals surface area contributed by atoms with Gasteiger partial charge >= 0.3 is 5.97 Å². The van der Waals surface area contributed by atoms with E-state index in [1.807, 2.05) is 24.3 Å². The molecule has 2 aromatic rings. The lowest BCUT2D eigenvalue weighted by molar-refractivity contribution is 0.0694. The van der Waals surface area contributed by atoms with Gasteiger partial charge in [-0.25, -0.2) is 4.79 Å². The molecule has 2 aromatic carbocycles. The van der Waals surface area contributed by atoms with Gasteiger partial charge in [-0.15, -0.1) is 0 Å². The Balaban J connectivity index is 2.91. The molecule has 0 heterocycles. The maximum Gasteiger partial charge on any atom is 0.339 e. The van der Waals surface area contributed by atoms with Crippen LogP contribution in [0, 0.1) is 0 Å². The third-order valence-electron chi connectivity index (χ3n) is 8.17. The van der Waals surface area contributed by atoms with E-state index in [1.165, 1.54) is 0 Å². The number of aromatic carboxylic acids is 1. The molecule has 0 saturated heterocycles. The summed E-state index contributed by atoms with van der Waals surface area (Å²) in [5, 5.41) is 12.1. The minimum atomic E-state index is -2.38. The molecule has 0 spiro atoms. The lowest BCUT2D eigenvalue weighted by Crippen LogP contribution is -2.51. The van der Waals surface area contributed by atoms with Crippen molar-refractivity contribution in [1.29, 1.82) is 0 Å². The van der Waals surface area contributed by atoms with Crippen LogP contribution in [0.5, 0.6) is 11.5 Å². The first-order chi connectivity index (χ1) is 16.1. The molecule has 4 nitrogen and oxygen atoms in total. The van der Waals surface area contributed by atoms with Crippen LogP contribution in [0.25, 0.3) is 10.8 Å². The van der Waals surface area contributed by atoms with Gasteiger partial charge in [-0.3, -0.25) is 0 Å². The Kier molecular flexibility index (Phi) is 9.32. The fourth-order valence-electron chi connectivity index (χ4n) is 6.74. The summed E-state index contributed by atoms with van der Waals surface area (Å²) in [5.41, 5.74) is 2.36. The van der Waals surface area contributed by atoms with E-state index < -0.39 is 22.6 Å². The molecule has 35 heavy (non-hydrogen) atoms. The average Bonchev–Trinajstić information content (AvgIpc) is 2.74. The largest absolute Gasteiger partial charge is 0.542 e. The minimum Gasteiger partial charge on any atom is -0.542 e. The van der Waals surface area contributed by atoms with E-state index in [1.54, 1.807) is 6.07 Å². The van der Waals surface area contributed by atoms with E-state index in [9.17, 15) is 9.90 Å². The van der Waals surface area contributed by atoms with Crippen LogP contribution >= 0.6 is 0 Å². The van der Waals surface area contributed by atoms with Gasteiger partial charge in [0.05, 0.1) is 0 Å². The van der Waals surface area contributed by atoms with Crippen molar-refractivity contribution in [2.45, 2.75) is 116 Å². The van der Waals surface area contributed by atoms with Crippen molar-refractivity contribution in [2.24, 2.45) is 0 Å². The topological polar surface area (TPSA) is 55.8 Å². The van der Waals surface area contributed by atoms with Crippen molar-refractivity contribution < 1.29 is 18.8 Å². The Labute approximate surface area is 215 Å². The second-order valence-corrected chi connectivity index (χ2v) is 22.7. The van der Waals surface area contributed by atoms with Crippen molar-refractivity contribution in [2.75, 3.05) is 0 Å². The van der Waals surface area contributed by atoms with Crippen LogP contribution in [0.4, 0.5) is 0 Å².